The predicted octanol–water partition coefficient (Wildman–Crippen LogP) is 1.70. The van der Waals surface area contributed by atoms with Gasteiger partial charge >= 0.3 is 0 Å². The highest BCUT2D eigenvalue weighted by Crippen LogP contribution is 2.28. The third-order valence-corrected chi connectivity index (χ3v) is 3.68. The van der Waals surface area contributed by atoms with Gasteiger partial charge < -0.3 is 25.8 Å². The SMILES string of the molecule is CCNC(=NCC(=O)Nc1ccc(O)cc1)NCCCOCC1CC1. The standard InChI is InChI=1S/C18H28N4O3/c1-2-19-18(20-10-3-11-25-13-14-4-5-14)21-12-17(24)22-15-6-8-16(23)9-7-15/h6-9,14,23H,2-5,10-13H2,1H3,(H,22,24)(H2,19,20,21). The first-order valence-electron chi connectivity index (χ1n) is 8.86. The molecule has 2 rings (SSSR count). The van der Waals surface area contributed by atoms with Crippen molar-refractivity contribution in [3.63, 3.8) is 0 Å². The second-order valence-corrected chi connectivity index (χ2v) is 6.09. The fourth-order valence-electron chi connectivity index (χ4n) is 2.15. The number of benzene rings is 1. The van der Waals surface area contributed by atoms with Gasteiger partial charge in [0.05, 0.1) is 0 Å². The molecule has 1 aliphatic rings. The van der Waals surface area contributed by atoms with Crippen LogP contribution in [0.15, 0.2) is 29.3 Å². The number of anilines is 1. The van der Waals surface area contributed by atoms with Gasteiger partial charge in [-0.1, -0.05) is 0 Å². The lowest BCUT2D eigenvalue weighted by molar-refractivity contribution is -0.114. The summed E-state index contributed by atoms with van der Waals surface area (Å²) in [5.74, 6) is 1.36. The number of hydrogen-bond donors (Lipinski definition) is 4. The van der Waals surface area contributed by atoms with Crippen LogP contribution in [0, 0.1) is 5.92 Å². The van der Waals surface area contributed by atoms with Gasteiger partial charge in [-0.15, -0.1) is 0 Å². The number of ether oxygens (including phenoxy) is 1. The lowest BCUT2D eigenvalue weighted by Gasteiger charge is -2.11. The van der Waals surface area contributed by atoms with Gasteiger partial charge in [-0.3, -0.25) is 4.79 Å². The van der Waals surface area contributed by atoms with E-state index in [0.717, 1.165) is 38.6 Å². The maximum atomic E-state index is 11.9. The van der Waals surface area contributed by atoms with E-state index >= 15 is 0 Å². The van der Waals surface area contributed by atoms with E-state index in [9.17, 15) is 9.90 Å². The van der Waals surface area contributed by atoms with Crippen molar-refractivity contribution < 1.29 is 14.6 Å². The summed E-state index contributed by atoms with van der Waals surface area (Å²) in [5.41, 5.74) is 0.628. The normalized spacial score (nSPS) is 14.2. The molecule has 1 aromatic rings. The first kappa shape index (κ1) is 19.1. The fourth-order valence-corrected chi connectivity index (χ4v) is 2.15. The Labute approximate surface area is 148 Å². The number of nitrogens with zero attached hydrogens (tertiary/aromatic N) is 1. The zero-order chi connectivity index (χ0) is 17.9. The van der Waals surface area contributed by atoms with E-state index in [1.54, 1.807) is 12.1 Å². The van der Waals surface area contributed by atoms with E-state index < -0.39 is 0 Å². The molecule has 0 aliphatic heterocycles. The van der Waals surface area contributed by atoms with Crippen molar-refractivity contribution in [2.45, 2.75) is 26.2 Å². The second-order valence-electron chi connectivity index (χ2n) is 6.09. The Morgan fingerprint density at radius 1 is 1.28 bits per heavy atom. The number of phenols is 1. The van der Waals surface area contributed by atoms with E-state index in [-0.39, 0.29) is 18.2 Å². The summed E-state index contributed by atoms with van der Waals surface area (Å²) in [5, 5.41) is 18.3. The first-order valence-corrected chi connectivity index (χ1v) is 8.86. The van der Waals surface area contributed by atoms with Crippen LogP contribution in [0.5, 0.6) is 5.75 Å². The molecule has 7 heteroatoms. The number of aliphatic imine (C=N–C) groups is 1. The molecule has 0 unspecified atom stereocenters. The summed E-state index contributed by atoms with van der Waals surface area (Å²) in [6.07, 6.45) is 3.51. The molecule has 0 aromatic heterocycles. The van der Waals surface area contributed by atoms with E-state index in [2.05, 4.69) is 20.9 Å². The average molecular weight is 348 g/mol. The van der Waals surface area contributed by atoms with Gasteiger partial charge in [-0.05, 0) is 56.4 Å². The highest BCUT2D eigenvalue weighted by molar-refractivity contribution is 5.94. The summed E-state index contributed by atoms with van der Waals surface area (Å²) < 4.78 is 5.59. The van der Waals surface area contributed by atoms with Crippen molar-refractivity contribution in [2.24, 2.45) is 10.9 Å². The third-order valence-electron chi connectivity index (χ3n) is 3.68. The van der Waals surface area contributed by atoms with Crippen molar-refractivity contribution >= 4 is 17.6 Å². The Balaban J connectivity index is 1.65. The minimum absolute atomic E-state index is 0.0222. The molecule has 1 saturated carbocycles. The van der Waals surface area contributed by atoms with Crippen LogP contribution in [0.25, 0.3) is 0 Å². The molecule has 7 nitrogen and oxygen atoms in total. The van der Waals surface area contributed by atoms with Gasteiger partial charge in [-0.2, -0.15) is 0 Å². The Morgan fingerprint density at radius 3 is 2.72 bits per heavy atom. The number of carbonyl (C=O) groups excluding carboxylic acids is 1. The highest BCUT2D eigenvalue weighted by Gasteiger charge is 2.20. The Hall–Kier alpha value is -2.28. The zero-order valence-electron chi connectivity index (χ0n) is 14.8. The number of rotatable bonds is 10. The molecular formula is C18H28N4O3. The van der Waals surface area contributed by atoms with Crippen LogP contribution in [0.2, 0.25) is 0 Å². The Morgan fingerprint density at radius 2 is 2.04 bits per heavy atom. The molecule has 0 bridgehead atoms. The summed E-state index contributed by atoms with van der Waals surface area (Å²) in [6.45, 7) is 5.09. The van der Waals surface area contributed by atoms with E-state index in [0.29, 0.717) is 11.6 Å². The lowest BCUT2D eigenvalue weighted by atomic mass is 10.3. The molecule has 0 spiro atoms. The summed E-state index contributed by atoms with van der Waals surface area (Å²) in [6, 6.07) is 6.33. The first-order chi connectivity index (χ1) is 12.2. The van der Waals surface area contributed by atoms with Crippen molar-refractivity contribution in [1.82, 2.24) is 10.6 Å². The number of phenolic OH excluding ortho intramolecular Hbond substituents is 1. The average Bonchev–Trinajstić information content (AvgIpc) is 3.42. The van der Waals surface area contributed by atoms with Crippen LogP contribution in [0.4, 0.5) is 5.69 Å². The van der Waals surface area contributed by atoms with Crippen molar-refractivity contribution in [2.75, 3.05) is 38.2 Å². The molecular weight excluding hydrogens is 320 g/mol. The zero-order valence-corrected chi connectivity index (χ0v) is 14.8. The van der Waals surface area contributed by atoms with Crippen molar-refractivity contribution in [3.05, 3.63) is 24.3 Å². The Kier molecular flexibility index (Phi) is 8.04. The van der Waals surface area contributed by atoms with Crippen LogP contribution >= 0.6 is 0 Å². The quantitative estimate of drug-likeness (QED) is 0.223. The molecule has 0 radical (unpaired) electrons. The van der Waals surface area contributed by atoms with Crippen molar-refractivity contribution in [1.29, 1.82) is 0 Å². The van der Waals surface area contributed by atoms with Gasteiger partial charge in [0.15, 0.2) is 5.96 Å². The number of amides is 1. The molecule has 1 fully saturated rings. The number of hydrogen-bond acceptors (Lipinski definition) is 4. The molecule has 25 heavy (non-hydrogen) atoms. The monoisotopic (exact) mass is 348 g/mol. The summed E-state index contributed by atoms with van der Waals surface area (Å²) in [4.78, 5) is 16.2. The molecule has 1 aromatic carbocycles. The molecule has 0 heterocycles. The maximum Gasteiger partial charge on any atom is 0.246 e. The van der Waals surface area contributed by atoms with Crippen molar-refractivity contribution in [3.8, 4) is 5.75 Å². The van der Waals surface area contributed by atoms with Crippen LogP contribution in [-0.2, 0) is 9.53 Å². The van der Waals surface area contributed by atoms with Gasteiger partial charge in [0, 0.05) is 32.0 Å². The number of guanidine groups is 1. The highest BCUT2D eigenvalue weighted by atomic mass is 16.5. The lowest BCUT2D eigenvalue weighted by Crippen LogP contribution is -2.38. The minimum Gasteiger partial charge on any atom is -0.508 e. The molecule has 138 valence electrons. The topological polar surface area (TPSA) is 95.0 Å². The number of carbonyl (C=O) groups is 1. The molecule has 1 aliphatic carbocycles. The molecule has 4 N–H and O–H groups in total. The van der Waals surface area contributed by atoms with Crippen LogP contribution in [-0.4, -0.2) is 49.8 Å². The molecule has 1 amide bonds. The summed E-state index contributed by atoms with van der Waals surface area (Å²) in [7, 11) is 0. The van der Waals surface area contributed by atoms with Crippen LogP contribution in [0.3, 0.4) is 0 Å². The number of aromatic hydroxyl groups is 1. The smallest absolute Gasteiger partial charge is 0.246 e. The van der Waals surface area contributed by atoms with E-state index in [1.165, 1.54) is 25.0 Å². The van der Waals surface area contributed by atoms with E-state index in [1.807, 2.05) is 6.92 Å². The molecule has 0 saturated heterocycles. The van der Waals surface area contributed by atoms with Crippen LogP contribution in [0.1, 0.15) is 26.2 Å². The fraction of sp³-hybridized carbons (Fsp3) is 0.556. The number of nitrogens with one attached hydrogen (secondary N) is 3. The molecule has 0 atom stereocenters. The largest absolute Gasteiger partial charge is 0.508 e. The van der Waals surface area contributed by atoms with Gasteiger partial charge in [-0.25, -0.2) is 4.99 Å². The van der Waals surface area contributed by atoms with Gasteiger partial charge in [0.2, 0.25) is 5.91 Å². The van der Waals surface area contributed by atoms with E-state index in [4.69, 9.17) is 4.74 Å². The predicted molar refractivity (Wildman–Crippen MR) is 98.9 cm³/mol. The van der Waals surface area contributed by atoms with Crippen LogP contribution < -0.4 is 16.0 Å². The minimum atomic E-state index is -0.212. The Bertz CT molecular complexity index is 556. The van der Waals surface area contributed by atoms with Gasteiger partial charge in [0.25, 0.3) is 0 Å². The maximum absolute atomic E-state index is 11.9. The van der Waals surface area contributed by atoms with Gasteiger partial charge in [0.1, 0.15) is 12.3 Å². The second kappa shape index (κ2) is 10.6. The summed E-state index contributed by atoms with van der Waals surface area (Å²) >= 11 is 0. The third kappa shape index (κ3) is 8.39.